The predicted molar refractivity (Wildman–Crippen MR) is 71.8 cm³/mol. The molecule has 5 nitrogen and oxygen atoms in total. The van der Waals surface area contributed by atoms with E-state index in [2.05, 4.69) is 0 Å². The van der Waals surface area contributed by atoms with Crippen molar-refractivity contribution in [2.45, 2.75) is 18.9 Å². The third kappa shape index (κ3) is 2.54. The Balaban J connectivity index is 1.83. The first-order chi connectivity index (χ1) is 9.66. The van der Waals surface area contributed by atoms with Crippen molar-refractivity contribution in [3.05, 3.63) is 35.4 Å². The molecule has 1 aliphatic heterocycles. The molecule has 1 N–H and O–H groups in total. The molecule has 1 aromatic carbocycles. The summed E-state index contributed by atoms with van der Waals surface area (Å²) in [6.45, 7) is 1.72. The van der Waals surface area contributed by atoms with Crippen molar-refractivity contribution in [1.29, 1.82) is 0 Å². The minimum absolute atomic E-state index is 0.0895. The Labute approximate surface area is 117 Å². The zero-order valence-corrected chi connectivity index (χ0v) is 11.1. The molecule has 2 fully saturated rings. The largest absolute Gasteiger partial charge is 0.478 e. The lowest BCUT2D eigenvalue weighted by Gasteiger charge is -2.36. The summed E-state index contributed by atoms with van der Waals surface area (Å²) in [7, 11) is 0. The maximum absolute atomic E-state index is 12.6. The Morgan fingerprint density at radius 3 is 2.70 bits per heavy atom. The van der Waals surface area contributed by atoms with Crippen molar-refractivity contribution in [2.24, 2.45) is 5.92 Å². The Kier molecular flexibility index (Phi) is 3.44. The summed E-state index contributed by atoms with van der Waals surface area (Å²) in [4.78, 5) is 25.4. The summed E-state index contributed by atoms with van der Waals surface area (Å²) in [5.74, 6) is -0.560. The fourth-order valence-corrected chi connectivity index (χ4v) is 2.70. The average Bonchev–Trinajstić information content (AvgIpc) is 3.31. The van der Waals surface area contributed by atoms with Crippen LogP contribution in [0.2, 0.25) is 0 Å². The second kappa shape index (κ2) is 5.25. The van der Waals surface area contributed by atoms with Gasteiger partial charge in [0.1, 0.15) is 0 Å². The van der Waals surface area contributed by atoms with Crippen molar-refractivity contribution in [3.8, 4) is 0 Å². The van der Waals surface area contributed by atoms with E-state index in [-0.39, 0.29) is 17.5 Å². The molecule has 0 spiro atoms. The van der Waals surface area contributed by atoms with Crippen LogP contribution in [0.15, 0.2) is 24.3 Å². The van der Waals surface area contributed by atoms with Gasteiger partial charge in [0.05, 0.1) is 24.8 Å². The predicted octanol–water partition coefficient (Wildman–Crippen LogP) is 1.64. The molecule has 1 atom stereocenters. The zero-order valence-electron chi connectivity index (χ0n) is 11.1. The second-order valence-electron chi connectivity index (χ2n) is 5.36. The lowest BCUT2D eigenvalue weighted by molar-refractivity contribution is -0.00834. The van der Waals surface area contributed by atoms with Gasteiger partial charge in [0.2, 0.25) is 0 Å². The number of ether oxygens (including phenoxy) is 1. The van der Waals surface area contributed by atoms with Gasteiger partial charge in [-0.1, -0.05) is 6.07 Å². The standard InChI is InChI=1S/C15H17NO4/c17-14(11-2-1-3-12(8-11)15(18)19)16-6-7-20-9-13(16)10-4-5-10/h1-3,8,10,13H,4-7,9H2,(H,18,19)/t13-/m1/s1. The highest BCUT2D eigenvalue weighted by Gasteiger charge is 2.39. The number of carbonyl (C=O) groups is 2. The first kappa shape index (κ1) is 13.1. The SMILES string of the molecule is O=C(O)c1cccc(C(=O)N2CCOC[C@@H]2C2CC2)c1. The number of benzene rings is 1. The van der Waals surface area contributed by atoms with Crippen molar-refractivity contribution < 1.29 is 19.4 Å². The lowest BCUT2D eigenvalue weighted by Crippen LogP contribution is -2.49. The van der Waals surface area contributed by atoms with E-state index in [4.69, 9.17) is 9.84 Å². The summed E-state index contributed by atoms with van der Waals surface area (Å²) in [6.07, 6.45) is 2.29. The van der Waals surface area contributed by atoms with Crippen LogP contribution in [0.25, 0.3) is 0 Å². The fraction of sp³-hybridized carbons (Fsp3) is 0.467. The van der Waals surface area contributed by atoms with E-state index in [1.807, 2.05) is 4.90 Å². The molecule has 0 unspecified atom stereocenters. The molecular weight excluding hydrogens is 258 g/mol. The molecule has 0 bridgehead atoms. The highest BCUT2D eigenvalue weighted by Crippen LogP contribution is 2.37. The van der Waals surface area contributed by atoms with Gasteiger partial charge in [0, 0.05) is 12.1 Å². The minimum atomic E-state index is -1.01. The molecule has 1 amide bonds. The van der Waals surface area contributed by atoms with Gasteiger partial charge in [0.15, 0.2) is 0 Å². The van der Waals surface area contributed by atoms with Gasteiger partial charge in [-0.15, -0.1) is 0 Å². The van der Waals surface area contributed by atoms with Crippen LogP contribution in [0.5, 0.6) is 0 Å². The Hall–Kier alpha value is -1.88. The number of nitrogens with zero attached hydrogens (tertiary/aromatic N) is 1. The quantitative estimate of drug-likeness (QED) is 0.910. The van der Waals surface area contributed by atoms with Crippen molar-refractivity contribution in [3.63, 3.8) is 0 Å². The van der Waals surface area contributed by atoms with Crippen LogP contribution < -0.4 is 0 Å². The number of hydrogen-bond donors (Lipinski definition) is 1. The van der Waals surface area contributed by atoms with Crippen LogP contribution in [0.1, 0.15) is 33.6 Å². The van der Waals surface area contributed by atoms with Crippen LogP contribution in [0.4, 0.5) is 0 Å². The van der Waals surface area contributed by atoms with E-state index in [1.54, 1.807) is 12.1 Å². The smallest absolute Gasteiger partial charge is 0.335 e. The van der Waals surface area contributed by atoms with Gasteiger partial charge in [-0.3, -0.25) is 4.79 Å². The molecule has 106 valence electrons. The van der Waals surface area contributed by atoms with Crippen LogP contribution in [-0.4, -0.2) is 47.7 Å². The van der Waals surface area contributed by atoms with E-state index < -0.39 is 5.97 Å². The van der Waals surface area contributed by atoms with Crippen LogP contribution in [0.3, 0.4) is 0 Å². The number of carboxylic acids is 1. The molecular formula is C15H17NO4. The van der Waals surface area contributed by atoms with Gasteiger partial charge < -0.3 is 14.7 Å². The van der Waals surface area contributed by atoms with Gasteiger partial charge in [0.25, 0.3) is 5.91 Å². The molecule has 0 aromatic heterocycles. The number of rotatable bonds is 3. The van der Waals surface area contributed by atoms with E-state index in [1.165, 1.54) is 12.1 Å². The molecule has 1 aromatic rings. The third-order valence-electron chi connectivity index (χ3n) is 3.95. The maximum Gasteiger partial charge on any atom is 0.335 e. The fourth-order valence-electron chi connectivity index (χ4n) is 2.70. The van der Waals surface area contributed by atoms with Crippen molar-refractivity contribution >= 4 is 11.9 Å². The van der Waals surface area contributed by atoms with Crippen LogP contribution >= 0.6 is 0 Å². The number of morpholine rings is 1. The molecule has 1 aliphatic carbocycles. The highest BCUT2D eigenvalue weighted by molar-refractivity contribution is 5.97. The van der Waals surface area contributed by atoms with Crippen molar-refractivity contribution in [2.75, 3.05) is 19.8 Å². The van der Waals surface area contributed by atoms with E-state index in [9.17, 15) is 9.59 Å². The van der Waals surface area contributed by atoms with E-state index >= 15 is 0 Å². The van der Waals surface area contributed by atoms with Crippen LogP contribution in [0, 0.1) is 5.92 Å². The zero-order chi connectivity index (χ0) is 14.1. The maximum atomic E-state index is 12.6. The number of hydrogen-bond acceptors (Lipinski definition) is 3. The molecule has 0 radical (unpaired) electrons. The Morgan fingerprint density at radius 1 is 1.25 bits per heavy atom. The molecule has 2 aliphatic rings. The van der Waals surface area contributed by atoms with Gasteiger partial charge >= 0.3 is 5.97 Å². The van der Waals surface area contributed by atoms with Gasteiger partial charge in [-0.25, -0.2) is 4.79 Å². The highest BCUT2D eigenvalue weighted by atomic mass is 16.5. The monoisotopic (exact) mass is 275 g/mol. The Morgan fingerprint density at radius 2 is 2.00 bits per heavy atom. The number of carboxylic acid groups (broad SMARTS) is 1. The summed E-state index contributed by atoms with van der Waals surface area (Å²) in [6, 6.07) is 6.38. The normalized spacial score (nSPS) is 22.6. The topological polar surface area (TPSA) is 66.8 Å². The summed E-state index contributed by atoms with van der Waals surface area (Å²) in [5.41, 5.74) is 0.588. The molecule has 1 heterocycles. The first-order valence-electron chi connectivity index (χ1n) is 6.89. The molecule has 1 saturated carbocycles. The van der Waals surface area contributed by atoms with Crippen molar-refractivity contribution in [1.82, 2.24) is 4.90 Å². The molecule has 5 heteroatoms. The summed E-state index contributed by atoms with van der Waals surface area (Å²) in [5, 5.41) is 9.01. The number of aromatic carboxylic acids is 1. The number of carbonyl (C=O) groups excluding carboxylic acids is 1. The minimum Gasteiger partial charge on any atom is -0.478 e. The van der Waals surface area contributed by atoms with Crippen LogP contribution in [-0.2, 0) is 4.74 Å². The summed E-state index contributed by atoms with van der Waals surface area (Å²) >= 11 is 0. The van der Waals surface area contributed by atoms with Gasteiger partial charge in [-0.2, -0.15) is 0 Å². The molecule has 1 saturated heterocycles. The van der Waals surface area contributed by atoms with Gasteiger partial charge in [-0.05, 0) is 37.0 Å². The van der Waals surface area contributed by atoms with E-state index in [0.29, 0.717) is 31.2 Å². The molecule has 3 rings (SSSR count). The van der Waals surface area contributed by atoms with E-state index in [0.717, 1.165) is 12.8 Å². The second-order valence-corrected chi connectivity index (χ2v) is 5.36. The third-order valence-corrected chi connectivity index (χ3v) is 3.95. The number of amides is 1. The lowest BCUT2D eigenvalue weighted by atomic mass is 10.1. The Bertz CT molecular complexity index is 538. The first-order valence-corrected chi connectivity index (χ1v) is 6.89. The molecule has 20 heavy (non-hydrogen) atoms. The summed E-state index contributed by atoms with van der Waals surface area (Å²) < 4.78 is 5.47. The average molecular weight is 275 g/mol.